The van der Waals surface area contributed by atoms with E-state index in [1.54, 1.807) is 0 Å². The maximum atomic E-state index is 10.8. The van der Waals surface area contributed by atoms with Crippen LogP contribution in [0.15, 0.2) is 0 Å². The molecule has 0 saturated heterocycles. The quantitative estimate of drug-likeness (QED) is 0.694. The Labute approximate surface area is 99.0 Å². The Morgan fingerprint density at radius 3 is 2.62 bits per heavy atom. The zero-order valence-electron chi connectivity index (χ0n) is 10.1. The van der Waals surface area contributed by atoms with Crippen LogP contribution < -0.4 is 10.5 Å². The van der Waals surface area contributed by atoms with E-state index in [1.807, 2.05) is 0 Å². The van der Waals surface area contributed by atoms with E-state index in [-0.39, 0.29) is 5.75 Å². The zero-order chi connectivity index (χ0) is 12.0. The smallest absolute Gasteiger partial charge is 0.209 e. The van der Waals surface area contributed by atoms with Gasteiger partial charge in [0.05, 0.1) is 5.75 Å². The molecule has 1 aliphatic carbocycles. The second kappa shape index (κ2) is 6.57. The molecule has 0 bridgehead atoms. The fourth-order valence-corrected chi connectivity index (χ4v) is 3.07. The number of hydrogen-bond acceptors (Lipinski definition) is 3. The van der Waals surface area contributed by atoms with Crippen molar-refractivity contribution in [2.24, 2.45) is 11.1 Å². The number of sulfonamides is 1. The molecule has 0 aromatic heterocycles. The van der Waals surface area contributed by atoms with Crippen LogP contribution in [0.1, 0.15) is 45.4 Å². The highest BCUT2D eigenvalue weighted by Crippen LogP contribution is 2.26. The first kappa shape index (κ1) is 13.9. The molecule has 0 aromatic carbocycles. The molecule has 2 unspecified atom stereocenters. The van der Waals surface area contributed by atoms with Gasteiger partial charge in [0.1, 0.15) is 0 Å². The van der Waals surface area contributed by atoms with Crippen molar-refractivity contribution in [1.82, 2.24) is 5.32 Å². The van der Waals surface area contributed by atoms with Crippen LogP contribution in [0.3, 0.4) is 0 Å². The van der Waals surface area contributed by atoms with Crippen LogP contribution >= 0.6 is 0 Å². The van der Waals surface area contributed by atoms with Crippen LogP contribution in [0.4, 0.5) is 0 Å². The van der Waals surface area contributed by atoms with Crippen LogP contribution in [0.5, 0.6) is 0 Å². The zero-order valence-corrected chi connectivity index (χ0v) is 10.9. The van der Waals surface area contributed by atoms with E-state index in [9.17, 15) is 8.42 Å². The predicted molar refractivity (Wildman–Crippen MR) is 66.6 cm³/mol. The molecule has 1 aliphatic rings. The summed E-state index contributed by atoms with van der Waals surface area (Å²) in [7, 11) is -3.29. The van der Waals surface area contributed by atoms with Gasteiger partial charge in [0.25, 0.3) is 0 Å². The Morgan fingerprint density at radius 2 is 2.00 bits per heavy atom. The molecule has 1 rings (SSSR count). The monoisotopic (exact) mass is 248 g/mol. The summed E-state index contributed by atoms with van der Waals surface area (Å²) in [5.41, 5.74) is 0. The normalized spacial score (nSPS) is 26.9. The summed E-state index contributed by atoms with van der Waals surface area (Å²) >= 11 is 0. The van der Waals surface area contributed by atoms with E-state index < -0.39 is 10.0 Å². The third kappa shape index (κ3) is 5.27. The van der Waals surface area contributed by atoms with Crippen molar-refractivity contribution >= 4 is 10.0 Å². The van der Waals surface area contributed by atoms with Crippen LogP contribution in [-0.2, 0) is 10.0 Å². The van der Waals surface area contributed by atoms with Gasteiger partial charge in [-0.05, 0) is 31.7 Å². The Kier molecular flexibility index (Phi) is 5.72. The minimum Gasteiger partial charge on any atom is -0.314 e. The van der Waals surface area contributed by atoms with Crippen LogP contribution in [0.25, 0.3) is 0 Å². The van der Waals surface area contributed by atoms with Gasteiger partial charge in [-0.15, -0.1) is 0 Å². The molecular formula is C11H24N2O2S. The van der Waals surface area contributed by atoms with Crippen molar-refractivity contribution < 1.29 is 8.42 Å². The highest BCUT2D eigenvalue weighted by molar-refractivity contribution is 7.89. The first-order chi connectivity index (χ1) is 7.53. The summed E-state index contributed by atoms with van der Waals surface area (Å²) in [6.45, 7) is 2.99. The van der Waals surface area contributed by atoms with Gasteiger partial charge < -0.3 is 5.32 Å². The Hall–Kier alpha value is -0.130. The summed E-state index contributed by atoms with van der Waals surface area (Å²) in [4.78, 5) is 0. The Balaban J connectivity index is 2.20. The van der Waals surface area contributed by atoms with Crippen molar-refractivity contribution in [3.8, 4) is 0 Å². The SMILES string of the molecule is CCC1CCCCC1NCCCS(N)(=O)=O. The lowest BCUT2D eigenvalue weighted by Gasteiger charge is -2.31. The minimum absolute atomic E-state index is 0.0868. The third-order valence-corrected chi connectivity index (χ3v) is 4.30. The van der Waals surface area contributed by atoms with Crippen molar-refractivity contribution in [2.75, 3.05) is 12.3 Å². The number of nitrogens with two attached hydrogens (primary N) is 1. The highest BCUT2D eigenvalue weighted by atomic mass is 32.2. The summed E-state index contributed by atoms with van der Waals surface area (Å²) < 4.78 is 21.5. The Morgan fingerprint density at radius 1 is 1.31 bits per heavy atom. The van der Waals surface area contributed by atoms with E-state index in [2.05, 4.69) is 12.2 Å². The molecule has 0 aromatic rings. The molecule has 3 N–H and O–H groups in total. The van der Waals surface area contributed by atoms with Crippen LogP contribution in [0.2, 0.25) is 0 Å². The average molecular weight is 248 g/mol. The second-order valence-electron chi connectivity index (χ2n) is 4.73. The van der Waals surface area contributed by atoms with E-state index in [0.717, 1.165) is 12.5 Å². The van der Waals surface area contributed by atoms with E-state index >= 15 is 0 Å². The maximum absolute atomic E-state index is 10.8. The van der Waals surface area contributed by atoms with Gasteiger partial charge in [-0.2, -0.15) is 0 Å². The molecule has 1 fully saturated rings. The van der Waals surface area contributed by atoms with E-state index in [0.29, 0.717) is 12.5 Å². The van der Waals surface area contributed by atoms with Crippen LogP contribution in [-0.4, -0.2) is 26.8 Å². The molecule has 0 spiro atoms. The third-order valence-electron chi connectivity index (χ3n) is 3.45. The van der Waals surface area contributed by atoms with E-state index in [1.165, 1.54) is 32.1 Å². The first-order valence-corrected chi connectivity index (χ1v) is 7.98. The van der Waals surface area contributed by atoms with E-state index in [4.69, 9.17) is 5.14 Å². The lowest BCUT2D eigenvalue weighted by atomic mass is 9.83. The fourth-order valence-electron chi connectivity index (χ4n) is 2.53. The molecule has 0 aliphatic heterocycles. The van der Waals surface area contributed by atoms with Gasteiger partial charge in [0, 0.05) is 6.04 Å². The van der Waals surface area contributed by atoms with Crippen molar-refractivity contribution in [3.05, 3.63) is 0 Å². The standard InChI is InChI=1S/C11H24N2O2S/c1-2-10-6-3-4-7-11(10)13-8-5-9-16(12,14)15/h10-11,13H,2-9H2,1H3,(H2,12,14,15). The number of hydrogen-bond donors (Lipinski definition) is 2. The van der Waals surface area contributed by atoms with Crippen molar-refractivity contribution in [3.63, 3.8) is 0 Å². The van der Waals surface area contributed by atoms with Gasteiger partial charge in [-0.3, -0.25) is 0 Å². The topological polar surface area (TPSA) is 72.2 Å². The molecule has 0 radical (unpaired) electrons. The predicted octanol–water partition coefficient (Wildman–Crippen LogP) is 1.22. The first-order valence-electron chi connectivity index (χ1n) is 6.27. The molecule has 0 heterocycles. The molecule has 2 atom stereocenters. The molecule has 1 saturated carbocycles. The van der Waals surface area contributed by atoms with Gasteiger partial charge in [-0.1, -0.05) is 26.2 Å². The Bertz CT molecular complexity index is 290. The molecule has 0 amide bonds. The average Bonchev–Trinajstić information content (AvgIpc) is 2.23. The fraction of sp³-hybridized carbons (Fsp3) is 1.00. The van der Waals surface area contributed by atoms with Gasteiger partial charge in [0.15, 0.2) is 0 Å². The summed E-state index contributed by atoms with van der Waals surface area (Å²) in [6, 6.07) is 0.583. The molecule has 5 heteroatoms. The number of primary sulfonamides is 1. The molecule has 4 nitrogen and oxygen atoms in total. The largest absolute Gasteiger partial charge is 0.314 e. The summed E-state index contributed by atoms with van der Waals surface area (Å²) in [6.07, 6.45) is 7.01. The lowest BCUT2D eigenvalue weighted by molar-refractivity contribution is 0.256. The molecular weight excluding hydrogens is 224 g/mol. The number of rotatable bonds is 6. The molecule has 16 heavy (non-hydrogen) atoms. The maximum Gasteiger partial charge on any atom is 0.209 e. The summed E-state index contributed by atoms with van der Waals surface area (Å²) in [5, 5.41) is 8.43. The second-order valence-corrected chi connectivity index (χ2v) is 6.47. The number of nitrogens with one attached hydrogen (secondary N) is 1. The minimum atomic E-state index is -3.29. The van der Waals surface area contributed by atoms with Gasteiger partial charge >= 0.3 is 0 Å². The van der Waals surface area contributed by atoms with Gasteiger partial charge in [-0.25, -0.2) is 13.6 Å². The highest BCUT2D eigenvalue weighted by Gasteiger charge is 2.22. The summed E-state index contributed by atoms with van der Waals surface area (Å²) in [5.74, 6) is 0.854. The van der Waals surface area contributed by atoms with Crippen molar-refractivity contribution in [1.29, 1.82) is 0 Å². The van der Waals surface area contributed by atoms with Crippen molar-refractivity contribution in [2.45, 2.75) is 51.5 Å². The molecule has 96 valence electrons. The lowest BCUT2D eigenvalue weighted by Crippen LogP contribution is -2.39. The van der Waals surface area contributed by atoms with Gasteiger partial charge in [0.2, 0.25) is 10.0 Å². The van der Waals surface area contributed by atoms with Crippen LogP contribution in [0, 0.1) is 5.92 Å².